The lowest BCUT2D eigenvalue weighted by Crippen LogP contribution is -2.16. The van der Waals surface area contributed by atoms with Gasteiger partial charge < -0.3 is 15.4 Å². The van der Waals surface area contributed by atoms with Crippen molar-refractivity contribution >= 4 is 11.8 Å². The van der Waals surface area contributed by atoms with E-state index < -0.39 is 0 Å². The van der Waals surface area contributed by atoms with E-state index in [0.717, 1.165) is 16.9 Å². The third kappa shape index (κ3) is 4.33. The van der Waals surface area contributed by atoms with Crippen molar-refractivity contribution in [2.45, 2.75) is 13.0 Å². The molecular formula is C18H22N6O. The maximum absolute atomic E-state index is 5.86. The van der Waals surface area contributed by atoms with Gasteiger partial charge in [-0.3, -0.25) is 5.10 Å². The molecule has 3 rings (SSSR count). The Morgan fingerprint density at radius 1 is 1.20 bits per heavy atom. The first-order chi connectivity index (χ1) is 12.3. The van der Waals surface area contributed by atoms with Crippen molar-refractivity contribution in [3.63, 3.8) is 0 Å². The van der Waals surface area contributed by atoms with E-state index in [0.29, 0.717) is 24.9 Å². The molecule has 0 amide bonds. The molecule has 0 aliphatic rings. The summed E-state index contributed by atoms with van der Waals surface area (Å²) in [6.45, 7) is 3.28. The first kappa shape index (κ1) is 16.9. The zero-order valence-corrected chi connectivity index (χ0v) is 14.4. The predicted octanol–water partition coefficient (Wildman–Crippen LogP) is 3.10. The zero-order valence-electron chi connectivity index (χ0n) is 14.4. The molecule has 1 unspecified atom stereocenters. The van der Waals surface area contributed by atoms with E-state index in [1.807, 2.05) is 37.3 Å². The average molecular weight is 338 g/mol. The number of aromatic nitrogens is 4. The lowest BCUT2D eigenvalue weighted by atomic mass is 10.1. The molecule has 2 heterocycles. The van der Waals surface area contributed by atoms with Gasteiger partial charge in [0, 0.05) is 32.0 Å². The Kier molecular flexibility index (Phi) is 5.58. The molecule has 0 radical (unpaired) electrons. The van der Waals surface area contributed by atoms with Gasteiger partial charge in [0.25, 0.3) is 0 Å². The number of anilines is 2. The van der Waals surface area contributed by atoms with E-state index in [1.54, 1.807) is 13.2 Å². The second-order valence-electron chi connectivity index (χ2n) is 5.42. The highest BCUT2D eigenvalue weighted by Gasteiger charge is 2.12. The summed E-state index contributed by atoms with van der Waals surface area (Å²) < 4.78 is 5.86. The van der Waals surface area contributed by atoms with E-state index in [9.17, 15) is 0 Å². The van der Waals surface area contributed by atoms with E-state index in [1.165, 1.54) is 0 Å². The van der Waals surface area contributed by atoms with Crippen LogP contribution in [-0.4, -0.2) is 40.4 Å². The van der Waals surface area contributed by atoms with Gasteiger partial charge in [-0.15, -0.1) is 5.10 Å². The lowest BCUT2D eigenvalue weighted by Gasteiger charge is -2.18. The van der Waals surface area contributed by atoms with Crippen molar-refractivity contribution in [1.82, 2.24) is 20.2 Å². The molecule has 0 saturated carbocycles. The fourth-order valence-electron chi connectivity index (χ4n) is 2.52. The maximum atomic E-state index is 5.86. The first-order valence-electron chi connectivity index (χ1n) is 8.27. The number of H-pyrrole nitrogens is 1. The fraction of sp³-hybridized carbons (Fsp3) is 0.278. The van der Waals surface area contributed by atoms with Crippen LogP contribution in [0.3, 0.4) is 0 Å². The van der Waals surface area contributed by atoms with Crippen LogP contribution in [0.5, 0.6) is 0 Å². The predicted molar refractivity (Wildman–Crippen MR) is 98.5 cm³/mol. The molecule has 1 atom stereocenters. The quantitative estimate of drug-likeness (QED) is 0.585. The van der Waals surface area contributed by atoms with Crippen molar-refractivity contribution in [3.05, 3.63) is 54.2 Å². The number of ether oxygens (including phenoxy) is 1. The highest BCUT2D eigenvalue weighted by atomic mass is 16.5. The Morgan fingerprint density at radius 3 is 2.76 bits per heavy atom. The van der Waals surface area contributed by atoms with Crippen molar-refractivity contribution in [1.29, 1.82) is 0 Å². The molecule has 1 aromatic carbocycles. The minimum absolute atomic E-state index is 0.0298. The molecule has 7 heteroatoms. The van der Waals surface area contributed by atoms with Gasteiger partial charge in [0.1, 0.15) is 5.82 Å². The largest absolute Gasteiger partial charge is 0.372 e. The van der Waals surface area contributed by atoms with Gasteiger partial charge in [-0.1, -0.05) is 30.3 Å². The van der Waals surface area contributed by atoms with Crippen LogP contribution in [0.15, 0.2) is 48.7 Å². The van der Waals surface area contributed by atoms with Crippen LogP contribution in [0.2, 0.25) is 0 Å². The summed E-state index contributed by atoms with van der Waals surface area (Å²) in [5, 5.41) is 13.2. The van der Waals surface area contributed by atoms with Gasteiger partial charge >= 0.3 is 0 Å². The molecule has 130 valence electrons. The number of nitrogens with one attached hydrogen (secondary N) is 3. The van der Waals surface area contributed by atoms with Crippen LogP contribution in [-0.2, 0) is 4.74 Å². The summed E-state index contributed by atoms with van der Waals surface area (Å²) in [5.41, 5.74) is 2.06. The normalized spacial score (nSPS) is 11.9. The second kappa shape index (κ2) is 8.25. The van der Waals surface area contributed by atoms with E-state index in [4.69, 9.17) is 4.74 Å². The summed E-state index contributed by atoms with van der Waals surface area (Å²) in [7, 11) is 1.78. The Bertz CT molecular complexity index is 789. The van der Waals surface area contributed by atoms with Crippen molar-refractivity contribution in [2.24, 2.45) is 0 Å². The molecule has 0 fully saturated rings. The smallest absolute Gasteiger partial charge is 0.242 e. The number of nitrogens with zero attached hydrogens (tertiary/aromatic N) is 3. The zero-order chi connectivity index (χ0) is 17.5. The average Bonchev–Trinajstić information content (AvgIpc) is 3.15. The van der Waals surface area contributed by atoms with Crippen LogP contribution in [0.4, 0.5) is 11.8 Å². The summed E-state index contributed by atoms with van der Waals surface area (Å²) in [6.07, 6.45) is 1.72. The SMILES string of the molecule is CCOC(CNc1cc(-c2nc(NC)n[nH]2)ccn1)c1ccccc1. The van der Waals surface area contributed by atoms with Gasteiger partial charge in [-0.05, 0) is 24.6 Å². The van der Waals surface area contributed by atoms with Crippen LogP contribution < -0.4 is 10.6 Å². The van der Waals surface area contributed by atoms with Crippen molar-refractivity contribution in [3.8, 4) is 11.4 Å². The number of hydrogen-bond acceptors (Lipinski definition) is 6. The number of benzene rings is 1. The molecule has 3 N–H and O–H groups in total. The van der Waals surface area contributed by atoms with Gasteiger partial charge in [0.15, 0.2) is 5.82 Å². The Balaban J connectivity index is 1.71. The molecule has 0 bridgehead atoms. The number of aromatic amines is 1. The summed E-state index contributed by atoms with van der Waals surface area (Å²) >= 11 is 0. The Labute approximate surface area is 146 Å². The summed E-state index contributed by atoms with van der Waals surface area (Å²) in [6, 6.07) is 14.0. The maximum Gasteiger partial charge on any atom is 0.242 e. The Hall–Kier alpha value is -2.93. The molecule has 25 heavy (non-hydrogen) atoms. The number of pyridine rings is 1. The third-order valence-corrected chi connectivity index (χ3v) is 3.75. The highest BCUT2D eigenvalue weighted by Crippen LogP contribution is 2.21. The van der Waals surface area contributed by atoms with Crippen LogP contribution in [0, 0.1) is 0 Å². The second-order valence-corrected chi connectivity index (χ2v) is 5.42. The summed E-state index contributed by atoms with van der Waals surface area (Å²) in [4.78, 5) is 8.73. The molecule has 0 saturated heterocycles. The lowest BCUT2D eigenvalue weighted by molar-refractivity contribution is 0.0718. The van der Waals surface area contributed by atoms with E-state index in [2.05, 4.69) is 42.9 Å². The molecular weight excluding hydrogens is 316 g/mol. The number of rotatable bonds is 8. The van der Waals surface area contributed by atoms with Gasteiger partial charge in [-0.25, -0.2) is 4.98 Å². The van der Waals surface area contributed by atoms with Crippen molar-refractivity contribution in [2.75, 3.05) is 30.8 Å². The molecule has 2 aromatic heterocycles. The Morgan fingerprint density at radius 2 is 2.04 bits per heavy atom. The van der Waals surface area contributed by atoms with E-state index >= 15 is 0 Å². The highest BCUT2D eigenvalue weighted by molar-refractivity contribution is 5.60. The molecule has 0 spiro atoms. The fourth-order valence-corrected chi connectivity index (χ4v) is 2.52. The van der Waals surface area contributed by atoms with Crippen LogP contribution >= 0.6 is 0 Å². The molecule has 0 aliphatic heterocycles. The minimum Gasteiger partial charge on any atom is -0.372 e. The standard InChI is InChI=1S/C18H22N6O/c1-3-25-15(13-7-5-4-6-8-13)12-21-16-11-14(9-10-20-16)17-22-18(19-2)24-23-17/h4-11,15H,3,12H2,1-2H3,(H,20,21)(H2,19,22,23,24). The van der Waals surface area contributed by atoms with Gasteiger partial charge in [-0.2, -0.15) is 4.98 Å². The molecule has 7 nitrogen and oxygen atoms in total. The van der Waals surface area contributed by atoms with E-state index in [-0.39, 0.29) is 6.10 Å². The van der Waals surface area contributed by atoms with Gasteiger partial charge in [0.2, 0.25) is 5.95 Å². The van der Waals surface area contributed by atoms with Crippen LogP contribution in [0.25, 0.3) is 11.4 Å². The minimum atomic E-state index is -0.0298. The summed E-state index contributed by atoms with van der Waals surface area (Å²) in [5.74, 6) is 2.02. The first-order valence-corrected chi connectivity index (χ1v) is 8.27. The van der Waals surface area contributed by atoms with Crippen molar-refractivity contribution < 1.29 is 4.74 Å². The topological polar surface area (TPSA) is 87.8 Å². The molecule has 3 aromatic rings. The number of hydrogen-bond donors (Lipinski definition) is 3. The van der Waals surface area contributed by atoms with Crippen LogP contribution in [0.1, 0.15) is 18.6 Å². The van der Waals surface area contributed by atoms with Gasteiger partial charge in [0.05, 0.1) is 6.10 Å². The molecule has 0 aliphatic carbocycles. The monoisotopic (exact) mass is 338 g/mol. The third-order valence-electron chi connectivity index (χ3n) is 3.75.